The van der Waals surface area contributed by atoms with Gasteiger partial charge in [0.15, 0.2) is 5.78 Å². The van der Waals surface area contributed by atoms with Crippen molar-refractivity contribution in [2.24, 2.45) is 0 Å². The zero-order valence-corrected chi connectivity index (χ0v) is 13.3. The first-order valence-electron chi connectivity index (χ1n) is 6.57. The van der Waals surface area contributed by atoms with Crippen LogP contribution < -0.4 is 4.74 Å². The second-order valence-corrected chi connectivity index (χ2v) is 5.64. The summed E-state index contributed by atoms with van der Waals surface area (Å²) in [6.45, 7) is 1.97. The van der Waals surface area contributed by atoms with Gasteiger partial charge in [-0.1, -0.05) is 18.2 Å². The molecule has 3 rings (SSSR count). The molecule has 106 valence electrons. The first kappa shape index (κ1) is 13.9. The van der Waals surface area contributed by atoms with Crippen molar-refractivity contribution in [2.45, 2.75) is 6.92 Å². The number of methoxy groups -OCH3 is 1. The van der Waals surface area contributed by atoms with Crippen molar-refractivity contribution in [1.29, 1.82) is 0 Å². The molecule has 0 spiro atoms. The lowest BCUT2D eigenvalue weighted by molar-refractivity contribution is 0.103. The van der Waals surface area contributed by atoms with E-state index in [1.807, 2.05) is 43.3 Å². The van der Waals surface area contributed by atoms with Crippen LogP contribution in [0.4, 0.5) is 0 Å². The highest BCUT2D eigenvalue weighted by atomic mass is 79.9. The maximum Gasteiger partial charge on any atom is 0.196 e. The number of carbonyl (C=O) groups excluding carboxylic acids is 1. The summed E-state index contributed by atoms with van der Waals surface area (Å²) in [5.41, 5.74) is 3.20. The summed E-state index contributed by atoms with van der Waals surface area (Å²) in [6.07, 6.45) is 1.74. The summed E-state index contributed by atoms with van der Waals surface area (Å²) in [6, 6.07) is 11.4. The van der Waals surface area contributed by atoms with E-state index >= 15 is 0 Å². The van der Waals surface area contributed by atoms with Crippen LogP contribution in [0.2, 0.25) is 0 Å². The lowest BCUT2D eigenvalue weighted by atomic mass is 10.0. The van der Waals surface area contributed by atoms with Gasteiger partial charge in [0.1, 0.15) is 5.75 Å². The van der Waals surface area contributed by atoms with Gasteiger partial charge in [0, 0.05) is 21.7 Å². The molecule has 1 heterocycles. The highest BCUT2D eigenvalue weighted by Crippen LogP contribution is 2.32. The van der Waals surface area contributed by atoms with Crippen molar-refractivity contribution >= 4 is 32.6 Å². The van der Waals surface area contributed by atoms with Crippen LogP contribution in [0.3, 0.4) is 0 Å². The van der Waals surface area contributed by atoms with E-state index in [1.165, 1.54) is 0 Å². The van der Waals surface area contributed by atoms with Gasteiger partial charge in [0.2, 0.25) is 0 Å². The number of H-pyrrole nitrogens is 1. The Labute approximate surface area is 131 Å². The Kier molecular flexibility index (Phi) is 3.55. The molecule has 0 fully saturated rings. The monoisotopic (exact) mass is 343 g/mol. The molecule has 2 aromatic carbocycles. The van der Waals surface area contributed by atoms with E-state index < -0.39 is 0 Å². The first-order valence-corrected chi connectivity index (χ1v) is 7.36. The zero-order valence-electron chi connectivity index (χ0n) is 11.7. The van der Waals surface area contributed by atoms with Gasteiger partial charge in [-0.2, -0.15) is 0 Å². The number of ketones is 1. The molecule has 0 atom stereocenters. The third-order valence-electron chi connectivity index (χ3n) is 3.57. The smallest absolute Gasteiger partial charge is 0.196 e. The second-order valence-electron chi connectivity index (χ2n) is 4.85. The van der Waals surface area contributed by atoms with Crippen molar-refractivity contribution in [3.05, 3.63) is 63.8 Å². The number of carbonyl (C=O) groups is 1. The van der Waals surface area contributed by atoms with Gasteiger partial charge in [-0.3, -0.25) is 4.79 Å². The van der Waals surface area contributed by atoms with Crippen LogP contribution in [0.1, 0.15) is 21.5 Å². The number of hydrogen-bond donors (Lipinski definition) is 1. The summed E-state index contributed by atoms with van der Waals surface area (Å²) in [5, 5.41) is 0.818. The van der Waals surface area contributed by atoms with Gasteiger partial charge in [0.25, 0.3) is 0 Å². The predicted molar refractivity (Wildman–Crippen MR) is 87.2 cm³/mol. The Balaban J connectivity index is 2.21. The zero-order chi connectivity index (χ0) is 15.0. The van der Waals surface area contributed by atoms with Crippen LogP contribution in [0.5, 0.6) is 5.75 Å². The maximum absolute atomic E-state index is 12.9. The molecular weight excluding hydrogens is 330 g/mol. The topological polar surface area (TPSA) is 42.1 Å². The second kappa shape index (κ2) is 5.37. The minimum atomic E-state index is -0.0266. The molecule has 1 N–H and O–H groups in total. The fraction of sp³-hybridized carbons (Fsp3) is 0.118. The molecule has 21 heavy (non-hydrogen) atoms. The molecule has 0 bridgehead atoms. The molecule has 1 aromatic heterocycles. The number of aromatic nitrogens is 1. The Bertz CT molecular complexity index is 836. The maximum atomic E-state index is 12.9. The van der Waals surface area contributed by atoms with Gasteiger partial charge in [-0.25, -0.2) is 0 Å². The summed E-state index contributed by atoms with van der Waals surface area (Å²) < 4.78 is 6.22. The largest absolute Gasteiger partial charge is 0.496 e. The van der Waals surface area contributed by atoms with E-state index in [0.717, 1.165) is 20.9 Å². The van der Waals surface area contributed by atoms with Crippen LogP contribution in [0, 0.1) is 6.92 Å². The number of hydrogen-bond acceptors (Lipinski definition) is 2. The molecule has 3 nitrogen and oxygen atoms in total. The highest BCUT2D eigenvalue weighted by molar-refractivity contribution is 9.10. The molecular formula is C17H14BrNO2. The summed E-state index contributed by atoms with van der Waals surface area (Å²) in [7, 11) is 1.61. The number of rotatable bonds is 3. The van der Waals surface area contributed by atoms with Gasteiger partial charge in [-0.15, -0.1) is 0 Å². The van der Waals surface area contributed by atoms with E-state index in [-0.39, 0.29) is 5.78 Å². The van der Waals surface area contributed by atoms with Crippen LogP contribution >= 0.6 is 15.9 Å². The van der Waals surface area contributed by atoms with Crippen molar-refractivity contribution < 1.29 is 9.53 Å². The molecule has 0 amide bonds. The number of nitrogens with one attached hydrogen (secondary N) is 1. The average molecular weight is 344 g/mol. The molecule has 0 saturated carbocycles. The number of aryl methyl sites for hydroxylation is 1. The van der Waals surface area contributed by atoms with E-state index in [2.05, 4.69) is 20.9 Å². The van der Waals surface area contributed by atoms with Gasteiger partial charge in [0.05, 0.1) is 18.1 Å². The van der Waals surface area contributed by atoms with Gasteiger partial charge in [-0.05, 0) is 46.6 Å². The fourth-order valence-corrected chi connectivity index (χ4v) is 2.91. The molecule has 3 aromatic rings. The van der Waals surface area contributed by atoms with Crippen LogP contribution in [0.25, 0.3) is 10.9 Å². The van der Waals surface area contributed by atoms with Crippen molar-refractivity contribution in [2.75, 3.05) is 7.11 Å². The summed E-state index contributed by atoms with van der Waals surface area (Å²) in [4.78, 5) is 16.0. The number of fused-ring (bicyclic) bond motifs is 1. The van der Waals surface area contributed by atoms with E-state index in [9.17, 15) is 4.79 Å². The van der Waals surface area contributed by atoms with Crippen molar-refractivity contribution in [3.8, 4) is 5.75 Å². The van der Waals surface area contributed by atoms with E-state index in [0.29, 0.717) is 16.9 Å². The van der Waals surface area contributed by atoms with E-state index in [1.54, 1.807) is 13.3 Å². The van der Waals surface area contributed by atoms with Crippen LogP contribution in [-0.4, -0.2) is 17.9 Å². The average Bonchev–Trinajstić information content (AvgIpc) is 2.93. The Morgan fingerprint density at radius 1 is 1.14 bits per heavy atom. The number of benzene rings is 2. The number of halogens is 1. The van der Waals surface area contributed by atoms with Gasteiger partial charge >= 0.3 is 0 Å². The predicted octanol–water partition coefficient (Wildman–Crippen LogP) is 4.48. The molecule has 0 aliphatic rings. The Morgan fingerprint density at radius 3 is 2.67 bits per heavy atom. The Morgan fingerprint density at radius 2 is 1.90 bits per heavy atom. The quantitative estimate of drug-likeness (QED) is 0.712. The summed E-state index contributed by atoms with van der Waals surface area (Å²) in [5.74, 6) is 0.669. The molecule has 4 heteroatoms. The highest BCUT2D eigenvalue weighted by Gasteiger charge is 2.19. The van der Waals surface area contributed by atoms with Crippen LogP contribution in [-0.2, 0) is 0 Å². The number of aromatic amines is 1. The van der Waals surface area contributed by atoms with Crippen molar-refractivity contribution in [1.82, 2.24) is 4.98 Å². The third kappa shape index (κ3) is 2.25. The number of ether oxygens (including phenoxy) is 1. The van der Waals surface area contributed by atoms with Gasteiger partial charge < -0.3 is 9.72 Å². The minimum absolute atomic E-state index is 0.0266. The standard InChI is InChI=1S/C17H14BrNO2/c1-10-5-3-6-11(16(10)18)17(20)12-9-19-13-7-4-8-14(21-2)15(12)13/h3-9,19H,1-2H3. The molecule has 0 unspecified atom stereocenters. The first-order chi connectivity index (χ1) is 10.1. The van der Waals surface area contributed by atoms with E-state index in [4.69, 9.17) is 4.74 Å². The lowest BCUT2D eigenvalue weighted by Crippen LogP contribution is -2.03. The summed E-state index contributed by atoms with van der Waals surface area (Å²) >= 11 is 3.50. The molecule has 0 aliphatic heterocycles. The molecule has 0 aliphatic carbocycles. The molecule has 0 radical (unpaired) electrons. The Hall–Kier alpha value is -2.07. The van der Waals surface area contributed by atoms with Crippen molar-refractivity contribution in [3.63, 3.8) is 0 Å². The van der Waals surface area contributed by atoms with Crippen LogP contribution in [0.15, 0.2) is 47.1 Å². The third-order valence-corrected chi connectivity index (χ3v) is 4.62. The SMILES string of the molecule is COc1cccc2[nH]cc(C(=O)c3cccc(C)c3Br)c12. The minimum Gasteiger partial charge on any atom is -0.496 e. The molecule has 0 saturated heterocycles. The fourth-order valence-electron chi connectivity index (χ4n) is 2.47. The lowest BCUT2D eigenvalue weighted by Gasteiger charge is -2.07. The normalized spacial score (nSPS) is 10.8.